The molecular weight excluding hydrogens is 420 g/mol. The molecule has 0 spiro atoms. The topological polar surface area (TPSA) is 18.5 Å². The summed E-state index contributed by atoms with van der Waals surface area (Å²) in [5, 5.41) is 0. The molecule has 2 nitrogen and oxygen atoms in total. The zero-order chi connectivity index (χ0) is 19.6. The highest BCUT2D eigenvalue weighted by Crippen LogP contribution is 2.43. The van der Waals surface area contributed by atoms with Crippen LogP contribution in [0, 0.1) is 6.92 Å². The van der Waals surface area contributed by atoms with Crippen molar-refractivity contribution in [1.29, 1.82) is 0 Å². The SMILES string of the molecule is CCCC(Br)CCCCc1ccccc1Sc1ccc(C)c(OC)c1OC. The number of aryl methyl sites for hydroxylation is 2. The summed E-state index contributed by atoms with van der Waals surface area (Å²) in [7, 11) is 3.41. The molecule has 4 heteroatoms. The van der Waals surface area contributed by atoms with Crippen molar-refractivity contribution >= 4 is 27.7 Å². The maximum absolute atomic E-state index is 5.66. The molecule has 1 atom stereocenters. The van der Waals surface area contributed by atoms with Crippen molar-refractivity contribution in [1.82, 2.24) is 0 Å². The van der Waals surface area contributed by atoms with Gasteiger partial charge in [-0.25, -0.2) is 0 Å². The lowest BCUT2D eigenvalue weighted by molar-refractivity contribution is 0.346. The maximum Gasteiger partial charge on any atom is 0.174 e. The first-order valence-electron chi connectivity index (χ1n) is 9.72. The number of methoxy groups -OCH3 is 2. The Hall–Kier alpha value is -1.13. The van der Waals surface area contributed by atoms with E-state index in [4.69, 9.17) is 9.47 Å². The lowest BCUT2D eigenvalue weighted by atomic mass is 10.0. The van der Waals surface area contributed by atoms with E-state index in [0.29, 0.717) is 4.83 Å². The van der Waals surface area contributed by atoms with Gasteiger partial charge in [0.15, 0.2) is 11.5 Å². The first-order chi connectivity index (χ1) is 13.1. The van der Waals surface area contributed by atoms with Crippen molar-refractivity contribution < 1.29 is 9.47 Å². The highest BCUT2D eigenvalue weighted by atomic mass is 79.9. The van der Waals surface area contributed by atoms with Crippen LogP contribution in [0.1, 0.15) is 50.2 Å². The molecule has 0 amide bonds. The molecule has 0 N–H and O–H groups in total. The van der Waals surface area contributed by atoms with Crippen LogP contribution in [-0.2, 0) is 6.42 Å². The van der Waals surface area contributed by atoms with Crippen LogP contribution in [-0.4, -0.2) is 19.0 Å². The molecule has 0 radical (unpaired) electrons. The second-order valence-electron chi connectivity index (χ2n) is 6.79. The molecule has 0 heterocycles. The summed E-state index contributed by atoms with van der Waals surface area (Å²) in [6, 6.07) is 12.9. The standard InChI is InChI=1S/C23H31BrO2S/c1-5-10-19(24)13-8-6-11-18-12-7-9-14-20(18)27-21-16-15-17(2)22(25-3)23(21)26-4/h7,9,12,14-16,19H,5-6,8,10-11,13H2,1-4H3. The monoisotopic (exact) mass is 450 g/mol. The normalized spacial score (nSPS) is 12.0. The van der Waals surface area contributed by atoms with E-state index in [1.807, 2.05) is 6.92 Å². The van der Waals surface area contributed by atoms with Gasteiger partial charge in [-0.15, -0.1) is 0 Å². The molecule has 2 aromatic carbocycles. The third-order valence-electron chi connectivity index (χ3n) is 4.69. The van der Waals surface area contributed by atoms with Crippen molar-refractivity contribution in [2.45, 2.75) is 67.0 Å². The van der Waals surface area contributed by atoms with Gasteiger partial charge in [0.25, 0.3) is 0 Å². The van der Waals surface area contributed by atoms with E-state index < -0.39 is 0 Å². The fourth-order valence-electron chi connectivity index (χ4n) is 3.24. The van der Waals surface area contributed by atoms with Gasteiger partial charge in [-0.3, -0.25) is 0 Å². The zero-order valence-corrected chi connectivity index (χ0v) is 19.3. The van der Waals surface area contributed by atoms with E-state index in [1.54, 1.807) is 26.0 Å². The molecule has 1 unspecified atom stereocenters. The minimum Gasteiger partial charge on any atom is -0.493 e. The highest BCUT2D eigenvalue weighted by molar-refractivity contribution is 9.09. The molecule has 0 aliphatic rings. The van der Waals surface area contributed by atoms with E-state index in [1.165, 1.54) is 42.6 Å². The molecule has 0 saturated heterocycles. The summed E-state index contributed by atoms with van der Waals surface area (Å²) < 4.78 is 11.2. The van der Waals surface area contributed by atoms with Crippen LogP contribution in [0.15, 0.2) is 46.2 Å². The summed E-state index contributed by atoms with van der Waals surface area (Å²) in [4.78, 5) is 3.05. The molecule has 0 aliphatic carbocycles. The van der Waals surface area contributed by atoms with Gasteiger partial charge in [-0.2, -0.15) is 0 Å². The third-order valence-corrected chi connectivity index (χ3v) is 6.76. The third kappa shape index (κ3) is 6.46. The van der Waals surface area contributed by atoms with E-state index in [0.717, 1.165) is 28.4 Å². The van der Waals surface area contributed by atoms with Gasteiger partial charge in [-0.05, 0) is 55.9 Å². The molecule has 0 saturated carbocycles. The summed E-state index contributed by atoms with van der Waals surface area (Å²) >= 11 is 5.55. The summed E-state index contributed by atoms with van der Waals surface area (Å²) in [5.41, 5.74) is 2.49. The second-order valence-corrected chi connectivity index (χ2v) is 9.17. The Morgan fingerprint density at radius 2 is 1.67 bits per heavy atom. The van der Waals surface area contributed by atoms with Crippen LogP contribution in [0.2, 0.25) is 0 Å². The number of alkyl halides is 1. The molecular formula is C23H31BrO2S. The van der Waals surface area contributed by atoms with Gasteiger partial charge in [0.1, 0.15) is 0 Å². The largest absolute Gasteiger partial charge is 0.493 e. The molecule has 0 aliphatic heterocycles. The molecule has 2 aromatic rings. The van der Waals surface area contributed by atoms with Gasteiger partial charge >= 0.3 is 0 Å². The van der Waals surface area contributed by atoms with Gasteiger partial charge in [0.2, 0.25) is 0 Å². The first-order valence-corrected chi connectivity index (χ1v) is 11.4. The van der Waals surface area contributed by atoms with Gasteiger partial charge in [0, 0.05) is 9.72 Å². The van der Waals surface area contributed by atoms with Crippen molar-refractivity contribution in [3.63, 3.8) is 0 Å². The lowest BCUT2D eigenvalue weighted by Gasteiger charge is -2.16. The average molecular weight is 451 g/mol. The number of hydrogen-bond donors (Lipinski definition) is 0. The summed E-state index contributed by atoms with van der Waals surface area (Å²) in [6.07, 6.45) is 7.36. The minimum absolute atomic E-state index is 0.663. The average Bonchev–Trinajstić information content (AvgIpc) is 2.67. The lowest BCUT2D eigenvalue weighted by Crippen LogP contribution is -1.98. The molecule has 0 aromatic heterocycles. The maximum atomic E-state index is 5.66. The number of rotatable bonds is 11. The Bertz CT molecular complexity index is 718. The summed E-state index contributed by atoms with van der Waals surface area (Å²) in [6.45, 7) is 4.29. The van der Waals surface area contributed by atoms with E-state index >= 15 is 0 Å². The van der Waals surface area contributed by atoms with Crippen LogP contribution >= 0.6 is 27.7 Å². The van der Waals surface area contributed by atoms with E-state index in [-0.39, 0.29) is 0 Å². The zero-order valence-electron chi connectivity index (χ0n) is 16.9. The van der Waals surface area contributed by atoms with Gasteiger partial charge in [0.05, 0.1) is 19.1 Å². The van der Waals surface area contributed by atoms with Gasteiger partial charge in [-0.1, -0.05) is 71.7 Å². The van der Waals surface area contributed by atoms with Crippen LogP contribution in [0.25, 0.3) is 0 Å². The Balaban J connectivity index is 2.08. The fraction of sp³-hybridized carbons (Fsp3) is 0.478. The fourth-order valence-corrected chi connectivity index (χ4v) is 5.11. The molecule has 0 fully saturated rings. The Labute approximate surface area is 177 Å². The van der Waals surface area contributed by atoms with Crippen LogP contribution < -0.4 is 9.47 Å². The first kappa shape index (κ1) is 22.2. The summed E-state index contributed by atoms with van der Waals surface area (Å²) in [5.74, 6) is 1.64. The molecule has 2 rings (SSSR count). The van der Waals surface area contributed by atoms with Crippen LogP contribution in [0.4, 0.5) is 0 Å². The van der Waals surface area contributed by atoms with Gasteiger partial charge < -0.3 is 9.47 Å². The van der Waals surface area contributed by atoms with Crippen molar-refractivity contribution in [2.75, 3.05) is 14.2 Å². The number of hydrogen-bond acceptors (Lipinski definition) is 3. The Kier molecular flexibility index (Phi) is 9.57. The smallest absolute Gasteiger partial charge is 0.174 e. The Morgan fingerprint density at radius 1 is 0.926 bits per heavy atom. The Morgan fingerprint density at radius 3 is 2.37 bits per heavy atom. The van der Waals surface area contributed by atoms with Crippen LogP contribution in [0.3, 0.4) is 0 Å². The quantitative estimate of drug-likeness (QED) is 0.261. The molecule has 148 valence electrons. The second kappa shape index (κ2) is 11.7. The molecule has 27 heavy (non-hydrogen) atoms. The van der Waals surface area contributed by atoms with E-state index in [2.05, 4.69) is 59.3 Å². The minimum atomic E-state index is 0.663. The predicted molar refractivity (Wildman–Crippen MR) is 120 cm³/mol. The number of halogens is 1. The predicted octanol–water partition coefficient (Wildman–Crippen LogP) is 7.44. The highest BCUT2D eigenvalue weighted by Gasteiger charge is 2.15. The number of benzene rings is 2. The molecule has 0 bridgehead atoms. The van der Waals surface area contributed by atoms with Crippen molar-refractivity contribution in [3.8, 4) is 11.5 Å². The van der Waals surface area contributed by atoms with Crippen molar-refractivity contribution in [3.05, 3.63) is 47.5 Å². The number of unbranched alkanes of at least 4 members (excludes halogenated alkanes) is 1. The van der Waals surface area contributed by atoms with E-state index in [9.17, 15) is 0 Å². The van der Waals surface area contributed by atoms with Crippen molar-refractivity contribution in [2.24, 2.45) is 0 Å². The van der Waals surface area contributed by atoms with Crippen LogP contribution in [0.5, 0.6) is 11.5 Å². The number of ether oxygens (including phenoxy) is 2.